The van der Waals surface area contributed by atoms with E-state index in [1.165, 1.54) is 6.42 Å². The van der Waals surface area contributed by atoms with Crippen molar-refractivity contribution in [1.82, 2.24) is 5.43 Å². The van der Waals surface area contributed by atoms with Crippen molar-refractivity contribution >= 4 is 17.3 Å². The first-order valence-electron chi connectivity index (χ1n) is 6.93. The van der Waals surface area contributed by atoms with Gasteiger partial charge in [-0.3, -0.25) is 4.79 Å². The van der Waals surface area contributed by atoms with Crippen LogP contribution >= 0.6 is 0 Å². The Bertz CT molecular complexity index is 530. The summed E-state index contributed by atoms with van der Waals surface area (Å²) in [7, 11) is 1.90. The third-order valence-electron chi connectivity index (χ3n) is 4.29. The second-order valence-corrected chi connectivity index (χ2v) is 5.37. The van der Waals surface area contributed by atoms with Crippen molar-refractivity contribution in [2.75, 3.05) is 12.4 Å². The lowest BCUT2D eigenvalue weighted by Gasteiger charge is -2.31. The molecular weight excluding hydrogens is 238 g/mol. The molecule has 0 atom stereocenters. The Kier molecular flexibility index (Phi) is 3.01. The Balaban J connectivity index is 2.00. The first-order valence-corrected chi connectivity index (χ1v) is 6.93. The topological polar surface area (TPSA) is 53.5 Å². The van der Waals surface area contributed by atoms with Crippen LogP contribution in [-0.4, -0.2) is 18.7 Å². The fraction of sp³-hybridized carbons (Fsp3) is 0.467. The highest BCUT2D eigenvalue weighted by Crippen LogP contribution is 2.42. The lowest BCUT2D eigenvalue weighted by Crippen LogP contribution is -2.40. The molecule has 0 unspecified atom stereocenters. The average Bonchev–Trinajstić information content (AvgIpc) is 2.77. The summed E-state index contributed by atoms with van der Waals surface area (Å²) >= 11 is 0. The van der Waals surface area contributed by atoms with E-state index in [4.69, 9.17) is 0 Å². The molecule has 4 nitrogen and oxygen atoms in total. The Morgan fingerprint density at radius 3 is 2.79 bits per heavy atom. The molecule has 0 aromatic heterocycles. The number of carbonyl (C=O) groups excluding carboxylic acids is 1. The Morgan fingerprint density at radius 2 is 2.05 bits per heavy atom. The highest BCUT2D eigenvalue weighted by molar-refractivity contribution is 6.20. The number of hydrogen-bond donors (Lipinski definition) is 2. The van der Waals surface area contributed by atoms with Gasteiger partial charge in [-0.15, -0.1) is 0 Å². The van der Waals surface area contributed by atoms with Crippen LogP contribution in [0.15, 0.2) is 29.4 Å². The zero-order valence-corrected chi connectivity index (χ0v) is 11.2. The van der Waals surface area contributed by atoms with Gasteiger partial charge in [0.25, 0.3) is 5.91 Å². The molecule has 1 aliphatic heterocycles. The minimum absolute atomic E-state index is 0.0806. The minimum atomic E-state index is -0.384. The number of rotatable bonds is 2. The van der Waals surface area contributed by atoms with Gasteiger partial charge < -0.3 is 5.32 Å². The smallest absolute Gasteiger partial charge is 0.252 e. The van der Waals surface area contributed by atoms with Crippen LogP contribution in [0.5, 0.6) is 0 Å². The number of carbonyl (C=O) groups is 1. The van der Waals surface area contributed by atoms with E-state index in [1.54, 1.807) is 0 Å². The van der Waals surface area contributed by atoms with Crippen molar-refractivity contribution < 1.29 is 4.79 Å². The van der Waals surface area contributed by atoms with Crippen molar-refractivity contribution in [1.29, 1.82) is 0 Å². The Hall–Kier alpha value is -1.84. The van der Waals surface area contributed by atoms with E-state index >= 15 is 0 Å². The Labute approximate surface area is 113 Å². The molecule has 2 N–H and O–H groups in total. The zero-order valence-electron chi connectivity index (χ0n) is 11.2. The zero-order chi connectivity index (χ0) is 13.3. The van der Waals surface area contributed by atoms with Crippen molar-refractivity contribution in [3.8, 4) is 0 Å². The average molecular weight is 257 g/mol. The number of hydrogen-bond acceptors (Lipinski definition) is 3. The number of amides is 1. The molecule has 1 spiro atoms. The highest BCUT2D eigenvalue weighted by atomic mass is 16.2. The molecule has 0 radical (unpaired) electrons. The van der Waals surface area contributed by atoms with Crippen LogP contribution in [0, 0.1) is 5.41 Å². The monoisotopic (exact) mass is 257 g/mol. The van der Waals surface area contributed by atoms with E-state index < -0.39 is 0 Å². The molecule has 19 heavy (non-hydrogen) atoms. The summed E-state index contributed by atoms with van der Waals surface area (Å²) in [6.07, 6.45) is 5.28. The number of nitrogens with zero attached hydrogens (tertiary/aromatic N) is 1. The fourth-order valence-electron chi connectivity index (χ4n) is 3.21. The van der Waals surface area contributed by atoms with Gasteiger partial charge in [-0.25, -0.2) is 5.43 Å². The molecule has 3 rings (SSSR count). The predicted molar refractivity (Wildman–Crippen MR) is 76.2 cm³/mol. The SMILES string of the molecule is CNc1cccc(C2=NNC(=O)C23CCCCC3)c1. The summed E-state index contributed by atoms with van der Waals surface area (Å²) in [6.45, 7) is 0. The van der Waals surface area contributed by atoms with Gasteiger partial charge >= 0.3 is 0 Å². The molecule has 2 aliphatic rings. The first-order chi connectivity index (χ1) is 9.26. The van der Waals surface area contributed by atoms with E-state index in [-0.39, 0.29) is 11.3 Å². The largest absolute Gasteiger partial charge is 0.388 e. The van der Waals surface area contributed by atoms with Gasteiger partial charge in [0, 0.05) is 18.3 Å². The van der Waals surface area contributed by atoms with Gasteiger partial charge in [0.15, 0.2) is 0 Å². The third kappa shape index (κ3) is 1.91. The lowest BCUT2D eigenvalue weighted by molar-refractivity contribution is -0.127. The minimum Gasteiger partial charge on any atom is -0.388 e. The van der Waals surface area contributed by atoms with Gasteiger partial charge in [0.2, 0.25) is 0 Å². The molecule has 1 aromatic carbocycles. The summed E-state index contributed by atoms with van der Waals surface area (Å²) < 4.78 is 0. The van der Waals surface area contributed by atoms with Crippen molar-refractivity contribution in [3.05, 3.63) is 29.8 Å². The molecule has 1 fully saturated rings. The van der Waals surface area contributed by atoms with Crippen molar-refractivity contribution in [2.45, 2.75) is 32.1 Å². The lowest BCUT2D eigenvalue weighted by atomic mass is 9.69. The summed E-state index contributed by atoms with van der Waals surface area (Å²) in [4.78, 5) is 12.2. The van der Waals surface area contributed by atoms with Crippen LogP contribution in [0.1, 0.15) is 37.7 Å². The maximum atomic E-state index is 12.2. The number of nitrogens with one attached hydrogen (secondary N) is 2. The molecule has 1 amide bonds. The molecule has 1 aliphatic carbocycles. The normalized spacial score (nSPS) is 21.1. The first kappa shape index (κ1) is 12.2. The number of anilines is 1. The van der Waals surface area contributed by atoms with Gasteiger partial charge in [-0.05, 0) is 25.0 Å². The molecule has 0 bridgehead atoms. The molecule has 1 heterocycles. The molecule has 1 saturated carbocycles. The molecule has 0 saturated heterocycles. The predicted octanol–water partition coefficient (Wildman–Crippen LogP) is 2.51. The second-order valence-electron chi connectivity index (χ2n) is 5.37. The molecule has 4 heteroatoms. The van der Waals surface area contributed by atoms with Crippen LogP contribution in [-0.2, 0) is 4.79 Å². The molecule has 1 aromatic rings. The van der Waals surface area contributed by atoms with E-state index in [9.17, 15) is 4.79 Å². The van der Waals surface area contributed by atoms with Gasteiger partial charge in [0.05, 0.1) is 11.1 Å². The van der Waals surface area contributed by atoms with Gasteiger partial charge in [-0.2, -0.15) is 5.10 Å². The summed E-state index contributed by atoms with van der Waals surface area (Å²) in [5.74, 6) is 0.0806. The van der Waals surface area contributed by atoms with Crippen molar-refractivity contribution in [3.63, 3.8) is 0 Å². The van der Waals surface area contributed by atoms with E-state index in [1.807, 2.05) is 25.2 Å². The summed E-state index contributed by atoms with van der Waals surface area (Å²) in [5.41, 5.74) is 5.33. The Morgan fingerprint density at radius 1 is 1.26 bits per heavy atom. The van der Waals surface area contributed by atoms with Crippen LogP contribution < -0.4 is 10.7 Å². The van der Waals surface area contributed by atoms with Crippen LogP contribution in [0.25, 0.3) is 0 Å². The fourth-order valence-corrected chi connectivity index (χ4v) is 3.21. The highest BCUT2D eigenvalue weighted by Gasteiger charge is 2.48. The summed E-state index contributed by atoms with van der Waals surface area (Å²) in [6, 6.07) is 8.12. The maximum absolute atomic E-state index is 12.2. The standard InChI is InChI=1S/C15H19N3O/c1-16-12-7-5-6-11(10-12)13-15(14(19)18-17-13)8-3-2-4-9-15/h5-7,10,16H,2-4,8-9H2,1H3,(H,18,19). The van der Waals surface area contributed by atoms with Crippen LogP contribution in [0.4, 0.5) is 5.69 Å². The quantitative estimate of drug-likeness (QED) is 0.855. The van der Waals surface area contributed by atoms with Crippen LogP contribution in [0.2, 0.25) is 0 Å². The van der Waals surface area contributed by atoms with Gasteiger partial charge in [-0.1, -0.05) is 31.4 Å². The summed E-state index contributed by atoms with van der Waals surface area (Å²) in [5, 5.41) is 7.46. The van der Waals surface area contributed by atoms with E-state index in [2.05, 4.69) is 21.9 Å². The van der Waals surface area contributed by atoms with Gasteiger partial charge in [0.1, 0.15) is 0 Å². The van der Waals surface area contributed by atoms with Crippen molar-refractivity contribution in [2.24, 2.45) is 10.5 Å². The maximum Gasteiger partial charge on any atom is 0.252 e. The van der Waals surface area contributed by atoms with E-state index in [0.29, 0.717) is 0 Å². The third-order valence-corrected chi connectivity index (χ3v) is 4.29. The van der Waals surface area contributed by atoms with E-state index in [0.717, 1.165) is 42.6 Å². The number of hydrazone groups is 1. The van der Waals surface area contributed by atoms with Crippen LogP contribution in [0.3, 0.4) is 0 Å². The second kappa shape index (κ2) is 4.68. The number of benzene rings is 1. The molecular formula is C15H19N3O. The molecule has 100 valence electrons.